The Labute approximate surface area is 222 Å². The lowest BCUT2D eigenvalue weighted by Gasteiger charge is -2.32. The van der Waals surface area contributed by atoms with Gasteiger partial charge in [0.05, 0.1) is 19.1 Å². The molecule has 0 aliphatic carbocycles. The summed E-state index contributed by atoms with van der Waals surface area (Å²) in [6.07, 6.45) is 1.57. The van der Waals surface area contributed by atoms with Crippen LogP contribution in [0.25, 0.3) is 0 Å². The summed E-state index contributed by atoms with van der Waals surface area (Å²) in [4.78, 5) is 28.0. The van der Waals surface area contributed by atoms with Gasteiger partial charge in [0.25, 0.3) is 0 Å². The fourth-order valence-corrected chi connectivity index (χ4v) is 5.03. The monoisotopic (exact) mass is 531 g/mol. The van der Waals surface area contributed by atoms with Crippen LogP contribution in [0, 0.1) is 13.8 Å². The number of methoxy groups -OCH3 is 1. The van der Waals surface area contributed by atoms with E-state index >= 15 is 0 Å². The second-order valence-corrected chi connectivity index (χ2v) is 12.4. The second-order valence-electron chi connectivity index (χ2n) is 10.4. The standard InChI is InChI=1S/C28H41N3O5S/c1-20-12-9-15-25(21(20)2)31(37(8,34)35)17-11-16-26(32)30(22(3)27(33)29-28(4,5)6)19-23-13-10-14-24(18-23)36-7/h9-10,12-15,18,22H,11,16-17,19H2,1-8H3,(H,29,33). The lowest BCUT2D eigenvalue weighted by atomic mass is 10.1. The van der Waals surface area contributed by atoms with Crippen LogP contribution in [0.5, 0.6) is 5.75 Å². The van der Waals surface area contributed by atoms with Crippen molar-refractivity contribution in [2.75, 3.05) is 24.2 Å². The quantitative estimate of drug-likeness (QED) is 0.469. The van der Waals surface area contributed by atoms with E-state index < -0.39 is 21.6 Å². The first kappa shape index (κ1) is 30.2. The molecule has 2 rings (SSSR count). The van der Waals surface area contributed by atoms with E-state index in [1.165, 1.54) is 10.6 Å². The summed E-state index contributed by atoms with van der Waals surface area (Å²) in [5, 5.41) is 2.94. The molecule has 0 saturated heterocycles. The lowest BCUT2D eigenvalue weighted by molar-refractivity contribution is -0.141. The summed E-state index contributed by atoms with van der Waals surface area (Å²) in [5.41, 5.74) is 2.87. The van der Waals surface area contributed by atoms with Gasteiger partial charge in [0.15, 0.2) is 0 Å². The van der Waals surface area contributed by atoms with Gasteiger partial charge in [0.1, 0.15) is 11.8 Å². The fraction of sp³-hybridized carbons (Fsp3) is 0.500. The summed E-state index contributed by atoms with van der Waals surface area (Å²) < 4.78 is 31.9. The number of hydrogen-bond donors (Lipinski definition) is 1. The van der Waals surface area contributed by atoms with Crippen LogP contribution in [-0.4, -0.2) is 56.6 Å². The normalized spacial score (nSPS) is 12.5. The molecule has 8 nitrogen and oxygen atoms in total. The number of amides is 2. The SMILES string of the molecule is COc1cccc(CN(C(=O)CCCN(c2cccc(C)c2C)S(C)(=O)=O)C(C)C(=O)NC(C)(C)C)c1. The Morgan fingerprint density at radius 2 is 1.73 bits per heavy atom. The zero-order chi connectivity index (χ0) is 28.0. The number of carbonyl (C=O) groups is 2. The smallest absolute Gasteiger partial charge is 0.242 e. The van der Waals surface area contributed by atoms with E-state index in [1.54, 1.807) is 25.0 Å². The third kappa shape index (κ3) is 8.77. The van der Waals surface area contributed by atoms with Gasteiger partial charge in [-0.2, -0.15) is 0 Å². The van der Waals surface area contributed by atoms with Crippen molar-refractivity contribution in [3.05, 3.63) is 59.2 Å². The Bertz CT molecular complexity index is 1200. The molecule has 0 fully saturated rings. The summed E-state index contributed by atoms with van der Waals surface area (Å²) in [6.45, 7) is 11.6. The summed E-state index contributed by atoms with van der Waals surface area (Å²) in [7, 11) is -1.98. The largest absolute Gasteiger partial charge is 0.497 e. The van der Waals surface area contributed by atoms with E-state index in [4.69, 9.17) is 4.74 Å². The number of ether oxygens (including phenoxy) is 1. The van der Waals surface area contributed by atoms with Gasteiger partial charge in [-0.1, -0.05) is 24.3 Å². The van der Waals surface area contributed by atoms with Gasteiger partial charge in [-0.3, -0.25) is 13.9 Å². The first-order chi connectivity index (χ1) is 17.1. The number of rotatable bonds is 11. The van der Waals surface area contributed by atoms with Crippen molar-refractivity contribution < 1.29 is 22.7 Å². The molecule has 0 bridgehead atoms. The molecule has 0 radical (unpaired) electrons. The molecule has 9 heteroatoms. The summed E-state index contributed by atoms with van der Waals surface area (Å²) in [5.74, 6) is 0.180. The van der Waals surface area contributed by atoms with Crippen molar-refractivity contribution in [3.63, 3.8) is 0 Å². The summed E-state index contributed by atoms with van der Waals surface area (Å²) in [6, 6.07) is 12.2. The minimum Gasteiger partial charge on any atom is -0.497 e. The van der Waals surface area contributed by atoms with Crippen LogP contribution in [-0.2, 0) is 26.2 Å². The minimum absolute atomic E-state index is 0.0913. The summed E-state index contributed by atoms with van der Waals surface area (Å²) >= 11 is 0. The van der Waals surface area contributed by atoms with Crippen LogP contribution in [0.2, 0.25) is 0 Å². The molecular weight excluding hydrogens is 490 g/mol. The van der Waals surface area contributed by atoms with E-state index in [9.17, 15) is 18.0 Å². The van der Waals surface area contributed by atoms with Crippen molar-refractivity contribution in [1.82, 2.24) is 10.2 Å². The molecule has 1 atom stereocenters. The molecule has 2 aromatic carbocycles. The van der Waals surface area contributed by atoms with Crippen LogP contribution in [0.4, 0.5) is 5.69 Å². The van der Waals surface area contributed by atoms with Crippen LogP contribution in [0.15, 0.2) is 42.5 Å². The Hall–Kier alpha value is -3.07. The third-order valence-electron chi connectivity index (χ3n) is 6.15. The van der Waals surface area contributed by atoms with Crippen LogP contribution < -0.4 is 14.4 Å². The molecular formula is C28H41N3O5S. The van der Waals surface area contributed by atoms with Crippen molar-refractivity contribution in [2.45, 2.75) is 72.5 Å². The predicted octanol–water partition coefficient (Wildman–Crippen LogP) is 4.19. The van der Waals surface area contributed by atoms with Crippen molar-refractivity contribution in [2.24, 2.45) is 0 Å². The topological polar surface area (TPSA) is 96.0 Å². The van der Waals surface area contributed by atoms with Gasteiger partial charge >= 0.3 is 0 Å². The Morgan fingerprint density at radius 3 is 2.32 bits per heavy atom. The maximum absolute atomic E-state index is 13.4. The number of anilines is 1. The molecule has 1 N–H and O–H groups in total. The Morgan fingerprint density at radius 1 is 1.08 bits per heavy atom. The number of hydrogen-bond acceptors (Lipinski definition) is 5. The molecule has 0 spiro atoms. The van der Waals surface area contributed by atoms with Crippen molar-refractivity contribution in [3.8, 4) is 5.75 Å². The van der Waals surface area contributed by atoms with E-state index in [-0.39, 0.29) is 31.3 Å². The van der Waals surface area contributed by atoms with Gasteiger partial charge in [-0.05, 0) is 82.9 Å². The van der Waals surface area contributed by atoms with E-state index in [0.717, 1.165) is 16.7 Å². The highest BCUT2D eigenvalue weighted by atomic mass is 32.2. The predicted molar refractivity (Wildman–Crippen MR) is 148 cm³/mol. The zero-order valence-corrected chi connectivity index (χ0v) is 24.1. The highest BCUT2D eigenvalue weighted by molar-refractivity contribution is 7.92. The van der Waals surface area contributed by atoms with Gasteiger partial charge in [0, 0.05) is 25.0 Å². The average molecular weight is 532 g/mol. The van der Waals surface area contributed by atoms with E-state index in [0.29, 0.717) is 17.9 Å². The highest BCUT2D eigenvalue weighted by Crippen LogP contribution is 2.25. The van der Waals surface area contributed by atoms with Crippen LogP contribution in [0.3, 0.4) is 0 Å². The van der Waals surface area contributed by atoms with E-state index in [2.05, 4.69) is 5.32 Å². The number of carbonyl (C=O) groups excluding carboxylic acids is 2. The third-order valence-corrected chi connectivity index (χ3v) is 7.33. The molecule has 1 unspecified atom stereocenters. The van der Waals surface area contributed by atoms with E-state index in [1.807, 2.05) is 71.0 Å². The highest BCUT2D eigenvalue weighted by Gasteiger charge is 2.29. The second kappa shape index (κ2) is 12.4. The molecule has 0 saturated carbocycles. The number of sulfonamides is 1. The van der Waals surface area contributed by atoms with Gasteiger partial charge in [-0.15, -0.1) is 0 Å². The molecule has 204 valence electrons. The maximum Gasteiger partial charge on any atom is 0.242 e. The first-order valence-corrected chi connectivity index (χ1v) is 14.3. The van der Waals surface area contributed by atoms with Gasteiger partial charge in [0.2, 0.25) is 21.8 Å². The zero-order valence-electron chi connectivity index (χ0n) is 23.3. The molecule has 37 heavy (non-hydrogen) atoms. The average Bonchev–Trinajstić information content (AvgIpc) is 2.80. The van der Waals surface area contributed by atoms with Crippen molar-refractivity contribution >= 4 is 27.5 Å². The van der Waals surface area contributed by atoms with Crippen LogP contribution in [0.1, 0.15) is 57.2 Å². The minimum atomic E-state index is -3.55. The Balaban J connectivity index is 2.24. The van der Waals surface area contributed by atoms with Gasteiger partial charge in [-0.25, -0.2) is 8.42 Å². The molecule has 2 aromatic rings. The maximum atomic E-state index is 13.4. The molecule has 0 aromatic heterocycles. The number of benzene rings is 2. The molecule has 0 aliphatic rings. The lowest BCUT2D eigenvalue weighted by Crippen LogP contribution is -2.52. The fourth-order valence-electron chi connectivity index (χ4n) is 4.01. The Kier molecular flexibility index (Phi) is 10.1. The van der Waals surface area contributed by atoms with Gasteiger partial charge < -0.3 is 15.0 Å². The molecule has 0 heterocycles. The number of nitrogens with zero attached hydrogens (tertiary/aromatic N) is 2. The van der Waals surface area contributed by atoms with Crippen molar-refractivity contribution in [1.29, 1.82) is 0 Å². The van der Waals surface area contributed by atoms with Crippen LogP contribution >= 0.6 is 0 Å². The number of nitrogens with one attached hydrogen (secondary N) is 1. The molecule has 0 aliphatic heterocycles. The first-order valence-electron chi connectivity index (χ1n) is 12.4. The molecule has 2 amide bonds. The number of aryl methyl sites for hydroxylation is 1.